The van der Waals surface area contributed by atoms with Crippen LogP contribution in [0.1, 0.15) is 35.7 Å². The normalized spacial score (nSPS) is 10.6. The van der Waals surface area contributed by atoms with Crippen molar-refractivity contribution in [1.29, 1.82) is 0 Å². The highest BCUT2D eigenvalue weighted by atomic mass is 127. The molecular weight excluding hydrogens is 393 g/mol. The third-order valence-corrected chi connectivity index (χ3v) is 3.25. The second kappa shape index (κ2) is 11.3. The number of hydrogen-bond donors (Lipinski definition) is 1. The number of esters is 1. The summed E-state index contributed by atoms with van der Waals surface area (Å²) in [6.45, 7) is 3.83. The highest BCUT2D eigenvalue weighted by molar-refractivity contribution is 14.0. The first-order valence-electron chi connectivity index (χ1n) is 7.21. The first-order valence-corrected chi connectivity index (χ1v) is 7.21. The molecule has 0 heterocycles. The van der Waals surface area contributed by atoms with Gasteiger partial charge >= 0.3 is 5.97 Å². The third kappa shape index (κ3) is 6.64. The average molecular weight is 419 g/mol. The number of ether oxygens (including phenoxy) is 1. The van der Waals surface area contributed by atoms with Crippen LogP contribution < -0.4 is 5.32 Å². The van der Waals surface area contributed by atoms with E-state index >= 15 is 0 Å². The molecule has 0 aromatic heterocycles. The van der Waals surface area contributed by atoms with Gasteiger partial charge in [-0.3, -0.25) is 4.99 Å². The lowest BCUT2D eigenvalue weighted by molar-refractivity contribution is 0.0600. The first-order chi connectivity index (χ1) is 10.1. The van der Waals surface area contributed by atoms with E-state index in [1.54, 1.807) is 19.2 Å². The number of carbonyl (C=O) groups is 1. The van der Waals surface area contributed by atoms with Crippen LogP contribution in [0.2, 0.25) is 0 Å². The van der Waals surface area contributed by atoms with Gasteiger partial charge in [0.05, 0.1) is 12.7 Å². The van der Waals surface area contributed by atoms with E-state index in [2.05, 4.69) is 26.9 Å². The molecule has 1 aromatic rings. The number of benzene rings is 1. The minimum absolute atomic E-state index is 0. The summed E-state index contributed by atoms with van der Waals surface area (Å²) in [7, 11) is 5.20. The molecule has 0 bridgehead atoms. The molecule has 22 heavy (non-hydrogen) atoms. The van der Waals surface area contributed by atoms with Gasteiger partial charge < -0.3 is 15.0 Å². The van der Waals surface area contributed by atoms with Gasteiger partial charge in [-0.1, -0.05) is 25.5 Å². The topological polar surface area (TPSA) is 53.9 Å². The van der Waals surface area contributed by atoms with E-state index in [4.69, 9.17) is 0 Å². The Morgan fingerprint density at radius 1 is 1.32 bits per heavy atom. The Kier molecular flexibility index (Phi) is 10.6. The van der Waals surface area contributed by atoms with Crippen LogP contribution in [-0.2, 0) is 11.3 Å². The van der Waals surface area contributed by atoms with Crippen molar-refractivity contribution in [2.45, 2.75) is 26.3 Å². The van der Waals surface area contributed by atoms with Gasteiger partial charge in [0, 0.05) is 27.2 Å². The zero-order chi connectivity index (χ0) is 15.7. The molecule has 0 unspecified atom stereocenters. The largest absolute Gasteiger partial charge is 0.465 e. The number of rotatable bonds is 6. The molecule has 1 aromatic carbocycles. The van der Waals surface area contributed by atoms with Crippen LogP contribution in [-0.4, -0.2) is 44.6 Å². The zero-order valence-electron chi connectivity index (χ0n) is 13.8. The van der Waals surface area contributed by atoms with Crippen molar-refractivity contribution in [2.75, 3.05) is 27.7 Å². The summed E-state index contributed by atoms with van der Waals surface area (Å²) >= 11 is 0. The molecule has 0 aliphatic carbocycles. The van der Waals surface area contributed by atoms with Gasteiger partial charge in [-0.25, -0.2) is 4.79 Å². The number of unbranched alkanes of at least 4 members (excludes halogenated alkanes) is 1. The van der Waals surface area contributed by atoms with Gasteiger partial charge in [0.2, 0.25) is 0 Å². The molecule has 5 nitrogen and oxygen atoms in total. The van der Waals surface area contributed by atoms with Gasteiger partial charge in [0.25, 0.3) is 0 Å². The Labute approximate surface area is 150 Å². The summed E-state index contributed by atoms with van der Waals surface area (Å²) in [4.78, 5) is 17.8. The lowest BCUT2D eigenvalue weighted by atomic mass is 10.1. The summed E-state index contributed by atoms with van der Waals surface area (Å²) < 4.78 is 4.68. The summed E-state index contributed by atoms with van der Waals surface area (Å²) in [6.07, 6.45) is 2.31. The smallest absolute Gasteiger partial charge is 0.337 e. The molecule has 1 N–H and O–H groups in total. The maximum absolute atomic E-state index is 11.4. The van der Waals surface area contributed by atoms with Crippen molar-refractivity contribution in [2.24, 2.45) is 4.99 Å². The molecule has 0 fully saturated rings. The van der Waals surface area contributed by atoms with Gasteiger partial charge in [-0.15, -0.1) is 24.0 Å². The van der Waals surface area contributed by atoms with Gasteiger partial charge in [-0.05, 0) is 24.1 Å². The number of carbonyl (C=O) groups excluding carboxylic acids is 1. The van der Waals surface area contributed by atoms with Gasteiger partial charge in [0.15, 0.2) is 5.96 Å². The van der Waals surface area contributed by atoms with Crippen LogP contribution in [0.3, 0.4) is 0 Å². The molecule has 0 amide bonds. The SMILES string of the molecule is CCCCN(C)C(=NC)NCc1ccc(C(=O)OC)cc1.I. The van der Waals surface area contributed by atoms with Crippen LogP contribution in [0, 0.1) is 0 Å². The Morgan fingerprint density at radius 3 is 2.45 bits per heavy atom. The lowest BCUT2D eigenvalue weighted by Gasteiger charge is -2.21. The van der Waals surface area contributed by atoms with E-state index in [0.717, 1.165) is 30.9 Å². The van der Waals surface area contributed by atoms with Crippen LogP contribution in [0.25, 0.3) is 0 Å². The van der Waals surface area contributed by atoms with Gasteiger partial charge in [0.1, 0.15) is 0 Å². The molecule has 0 aliphatic heterocycles. The Hall–Kier alpha value is -1.31. The minimum Gasteiger partial charge on any atom is -0.465 e. The molecular formula is C16H26IN3O2. The maximum atomic E-state index is 11.4. The van der Waals surface area contributed by atoms with E-state index in [9.17, 15) is 4.79 Å². The number of guanidine groups is 1. The fourth-order valence-electron chi connectivity index (χ4n) is 1.94. The second-order valence-corrected chi connectivity index (χ2v) is 4.86. The van der Waals surface area contributed by atoms with Crippen molar-refractivity contribution in [3.8, 4) is 0 Å². The molecule has 0 saturated carbocycles. The maximum Gasteiger partial charge on any atom is 0.337 e. The quantitative estimate of drug-likeness (QED) is 0.334. The van der Waals surface area contributed by atoms with Gasteiger partial charge in [-0.2, -0.15) is 0 Å². The van der Waals surface area contributed by atoms with E-state index in [0.29, 0.717) is 12.1 Å². The first kappa shape index (κ1) is 20.7. The molecule has 1 rings (SSSR count). The Balaban J connectivity index is 0.00000441. The van der Waals surface area contributed by atoms with Crippen molar-refractivity contribution in [1.82, 2.24) is 10.2 Å². The number of nitrogens with one attached hydrogen (secondary N) is 1. The number of nitrogens with zero attached hydrogens (tertiary/aromatic N) is 2. The molecule has 0 spiro atoms. The molecule has 0 saturated heterocycles. The number of aliphatic imine (C=N–C) groups is 1. The fourth-order valence-corrected chi connectivity index (χ4v) is 1.94. The minimum atomic E-state index is -0.315. The van der Waals surface area contributed by atoms with Crippen molar-refractivity contribution < 1.29 is 9.53 Å². The van der Waals surface area contributed by atoms with E-state index in [-0.39, 0.29) is 29.9 Å². The lowest BCUT2D eigenvalue weighted by Crippen LogP contribution is -2.38. The molecule has 6 heteroatoms. The number of halogens is 1. The van der Waals surface area contributed by atoms with Crippen molar-refractivity contribution in [3.63, 3.8) is 0 Å². The van der Waals surface area contributed by atoms with E-state index in [1.165, 1.54) is 7.11 Å². The second-order valence-electron chi connectivity index (χ2n) is 4.86. The highest BCUT2D eigenvalue weighted by Crippen LogP contribution is 2.06. The molecule has 0 atom stereocenters. The molecule has 0 aliphatic rings. The summed E-state index contributed by atoms with van der Waals surface area (Å²) in [6, 6.07) is 7.37. The zero-order valence-corrected chi connectivity index (χ0v) is 16.1. The predicted octanol–water partition coefficient (Wildman–Crippen LogP) is 2.90. The van der Waals surface area contributed by atoms with Crippen LogP contribution in [0.4, 0.5) is 0 Å². The molecule has 124 valence electrons. The Bertz CT molecular complexity index is 475. The fraction of sp³-hybridized carbons (Fsp3) is 0.500. The van der Waals surface area contributed by atoms with Crippen LogP contribution >= 0.6 is 24.0 Å². The van der Waals surface area contributed by atoms with E-state index in [1.807, 2.05) is 19.2 Å². The highest BCUT2D eigenvalue weighted by Gasteiger charge is 2.06. The molecule has 0 radical (unpaired) electrons. The Morgan fingerprint density at radius 2 is 1.95 bits per heavy atom. The summed E-state index contributed by atoms with van der Waals surface area (Å²) in [5, 5.41) is 3.32. The van der Waals surface area contributed by atoms with Crippen molar-refractivity contribution in [3.05, 3.63) is 35.4 Å². The third-order valence-electron chi connectivity index (χ3n) is 3.25. The average Bonchev–Trinajstić information content (AvgIpc) is 2.53. The number of methoxy groups -OCH3 is 1. The predicted molar refractivity (Wildman–Crippen MR) is 101 cm³/mol. The van der Waals surface area contributed by atoms with Crippen molar-refractivity contribution >= 4 is 35.9 Å². The monoisotopic (exact) mass is 419 g/mol. The van der Waals surface area contributed by atoms with Crippen LogP contribution in [0.5, 0.6) is 0 Å². The van der Waals surface area contributed by atoms with Crippen LogP contribution in [0.15, 0.2) is 29.3 Å². The standard InChI is InChI=1S/C16H25N3O2.HI/c1-5-6-11-19(3)16(17-2)18-12-13-7-9-14(10-8-13)15(20)21-4;/h7-10H,5-6,11-12H2,1-4H3,(H,17,18);1H. The summed E-state index contributed by atoms with van der Waals surface area (Å²) in [5.41, 5.74) is 1.65. The summed E-state index contributed by atoms with van der Waals surface area (Å²) in [5.74, 6) is 0.560. The van der Waals surface area contributed by atoms with E-state index < -0.39 is 0 Å². The number of hydrogen-bond acceptors (Lipinski definition) is 3.